The number of para-hydroxylation sites is 1. The Labute approximate surface area is 203 Å². The number of aromatic nitrogens is 1. The lowest BCUT2D eigenvalue weighted by Gasteiger charge is -2.23. The summed E-state index contributed by atoms with van der Waals surface area (Å²) in [6.45, 7) is 5.15. The monoisotopic (exact) mass is 491 g/mol. The van der Waals surface area contributed by atoms with Gasteiger partial charge >= 0.3 is 5.97 Å². The molecule has 4 unspecified atom stereocenters. The summed E-state index contributed by atoms with van der Waals surface area (Å²) in [6, 6.07) is 3.52. The highest BCUT2D eigenvalue weighted by molar-refractivity contribution is 7.80. The quantitative estimate of drug-likeness (QED) is 0.214. The van der Waals surface area contributed by atoms with Crippen molar-refractivity contribution >= 4 is 47.2 Å². The maximum atomic E-state index is 13.1. The average molecular weight is 492 g/mol. The lowest BCUT2D eigenvalue weighted by Crippen LogP contribution is -2.57. The Morgan fingerprint density at radius 1 is 1.00 bits per heavy atom. The van der Waals surface area contributed by atoms with Crippen molar-refractivity contribution in [1.82, 2.24) is 20.9 Å². The summed E-state index contributed by atoms with van der Waals surface area (Å²) in [5.74, 6) is -2.77. The second kappa shape index (κ2) is 12.4. The molecular formula is C23H33N5O5S. The van der Waals surface area contributed by atoms with Crippen LogP contribution in [0.2, 0.25) is 0 Å². The molecule has 10 nitrogen and oxygen atoms in total. The molecule has 34 heavy (non-hydrogen) atoms. The zero-order chi connectivity index (χ0) is 25.4. The van der Waals surface area contributed by atoms with Crippen LogP contribution in [-0.2, 0) is 25.6 Å². The molecule has 1 aromatic carbocycles. The van der Waals surface area contributed by atoms with E-state index in [-0.39, 0.29) is 24.5 Å². The van der Waals surface area contributed by atoms with Crippen molar-refractivity contribution in [2.24, 2.45) is 11.7 Å². The number of nitrogens with one attached hydrogen (secondary N) is 4. The number of rotatable bonds is 12. The van der Waals surface area contributed by atoms with Gasteiger partial charge in [-0.1, -0.05) is 32.0 Å². The Morgan fingerprint density at radius 3 is 2.26 bits per heavy atom. The van der Waals surface area contributed by atoms with Gasteiger partial charge in [-0.3, -0.25) is 14.4 Å². The topological polar surface area (TPSA) is 166 Å². The van der Waals surface area contributed by atoms with Crippen molar-refractivity contribution in [2.45, 2.75) is 57.8 Å². The van der Waals surface area contributed by atoms with E-state index in [9.17, 15) is 24.3 Å². The minimum Gasteiger partial charge on any atom is -0.480 e. The fourth-order valence-electron chi connectivity index (χ4n) is 3.46. The number of aliphatic carboxylic acids is 1. The standard InChI is InChI=1S/C23H33N5O5S/c1-12(2)8-19(23(32)33)28-20(29)13(3)26-22(31)18(27-21(30)16(24)11-34)9-14-10-25-17-7-5-4-6-15(14)17/h4-7,10,12-13,16,18-19,25,34H,8-9,11,24H2,1-3H3,(H,26,31)(H,27,30)(H,28,29)(H,32,33). The molecule has 0 aliphatic heterocycles. The van der Waals surface area contributed by atoms with Crippen molar-refractivity contribution in [3.05, 3.63) is 36.0 Å². The summed E-state index contributed by atoms with van der Waals surface area (Å²) >= 11 is 4.03. The fourth-order valence-corrected chi connectivity index (χ4v) is 3.63. The van der Waals surface area contributed by atoms with Gasteiger partial charge in [-0.15, -0.1) is 0 Å². The van der Waals surface area contributed by atoms with E-state index in [2.05, 4.69) is 33.6 Å². The summed E-state index contributed by atoms with van der Waals surface area (Å²) in [6.07, 6.45) is 2.16. The second-order valence-electron chi connectivity index (χ2n) is 8.67. The van der Waals surface area contributed by atoms with Gasteiger partial charge in [0.2, 0.25) is 17.7 Å². The molecule has 2 rings (SSSR count). The van der Waals surface area contributed by atoms with Gasteiger partial charge in [0, 0.05) is 29.3 Å². The van der Waals surface area contributed by atoms with Gasteiger partial charge in [0.25, 0.3) is 0 Å². The number of hydrogen-bond acceptors (Lipinski definition) is 6. The number of nitrogens with two attached hydrogens (primary N) is 1. The number of carbonyl (C=O) groups is 4. The van der Waals surface area contributed by atoms with Crippen molar-refractivity contribution < 1.29 is 24.3 Å². The summed E-state index contributed by atoms with van der Waals surface area (Å²) in [4.78, 5) is 52.6. The molecule has 0 radical (unpaired) electrons. The van der Waals surface area contributed by atoms with E-state index in [0.717, 1.165) is 16.5 Å². The molecule has 2 aromatic rings. The molecule has 11 heteroatoms. The van der Waals surface area contributed by atoms with Crippen LogP contribution in [0.15, 0.2) is 30.5 Å². The minimum absolute atomic E-state index is 0.0538. The smallest absolute Gasteiger partial charge is 0.326 e. The van der Waals surface area contributed by atoms with E-state index in [0.29, 0.717) is 0 Å². The number of benzene rings is 1. The van der Waals surface area contributed by atoms with Crippen LogP contribution in [0.5, 0.6) is 0 Å². The molecule has 4 atom stereocenters. The van der Waals surface area contributed by atoms with Crippen LogP contribution in [0.1, 0.15) is 32.8 Å². The second-order valence-corrected chi connectivity index (χ2v) is 9.04. The number of carbonyl (C=O) groups excluding carboxylic acids is 3. The highest BCUT2D eigenvalue weighted by Crippen LogP contribution is 2.19. The van der Waals surface area contributed by atoms with Crippen LogP contribution < -0.4 is 21.7 Å². The van der Waals surface area contributed by atoms with Crippen LogP contribution >= 0.6 is 12.6 Å². The van der Waals surface area contributed by atoms with E-state index in [1.165, 1.54) is 6.92 Å². The first kappa shape index (κ1) is 27.2. The Morgan fingerprint density at radius 2 is 1.65 bits per heavy atom. The molecule has 7 N–H and O–H groups in total. The lowest BCUT2D eigenvalue weighted by atomic mass is 10.0. The molecule has 0 spiro atoms. The summed E-state index contributed by atoms with van der Waals surface area (Å²) < 4.78 is 0. The van der Waals surface area contributed by atoms with Gasteiger partial charge in [0.05, 0.1) is 6.04 Å². The number of amides is 3. The van der Waals surface area contributed by atoms with Crippen LogP contribution in [0.4, 0.5) is 0 Å². The van der Waals surface area contributed by atoms with Gasteiger partial charge in [0.15, 0.2) is 0 Å². The normalized spacial score (nSPS) is 14.8. The molecular weight excluding hydrogens is 458 g/mol. The zero-order valence-electron chi connectivity index (χ0n) is 19.5. The SMILES string of the molecule is CC(C)CC(NC(=O)C(C)NC(=O)C(Cc1c[nH]c2ccccc12)NC(=O)C(N)CS)C(=O)O. The van der Waals surface area contributed by atoms with E-state index >= 15 is 0 Å². The predicted octanol–water partition coefficient (Wildman–Crippen LogP) is 0.573. The van der Waals surface area contributed by atoms with Gasteiger partial charge in [0.1, 0.15) is 18.1 Å². The summed E-state index contributed by atoms with van der Waals surface area (Å²) in [7, 11) is 0. The first-order valence-corrected chi connectivity index (χ1v) is 11.7. The predicted molar refractivity (Wildman–Crippen MR) is 132 cm³/mol. The number of H-pyrrole nitrogens is 1. The van der Waals surface area contributed by atoms with Crippen LogP contribution in [0, 0.1) is 5.92 Å². The molecule has 3 amide bonds. The zero-order valence-corrected chi connectivity index (χ0v) is 20.4. The third kappa shape index (κ3) is 7.49. The third-order valence-electron chi connectivity index (χ3n) is 5.34. The number of carboxylic acid groups (broad SMARTS) is 1. The Bertz CT molecular complexity index is 1020. The first-order chi connectivity index (χ1) is 16.0. The van der Waals surface area contributed by atoms with Crippen LogP contribution in [0.25, 0.3) is 10.9 Å². The molecule has 0 aliphatic rings. The third-order valence-corrected chi connectivity index (χ3v) is 5.73. The van der Waals surface area contributed by atoms with Gasteiger partial charge in [-0.25, -0.2) is 4.79 Å². The van der Waals surface area contributed by atoms with Crippen LogP contribution in [0.3, 0.4) is 0 Å². The maximum Gasteiger partial charge on any atom is 0.326 e. The molecule has 0 fully saturated rings. The average Bonchev–Trinajstić information content (AvgIpc) is 3.19. The lowest BCUT2D eigenvalue weighted by molar-refractivity contribution is -0.142. The van der Waals surface area contributed by atoms with E-state index in [1.807, 2.05) is 38.1 Å². The van der Waals surface area contributed by atoms with Crippen molar-refractivity contribution in [2.75, 3.05) is 5.75 Å². The Kier molecular flexibility index (Phi) is 9.94. The van der Waals surface area contributed by atoms with Crippen molar-refractivity contribution in [3.63, 3.8) is 0 Å². The minimum atomic E-state index is -1.15. The first-order valence-electron chi connectivity index (χ1n) is 11.1. The molecule has 186 valence electrons. The summed E-state index contributed by atoms with van der Waals surface area (Å²) in [5.41, 5.74) is 7.44. The van der Waals surface area contributed by atoms with E-state index in [4.69, 9.17) is 5.73 Å². The molecule has 0 saturated heterocycles. The Balaban J connectivity index is 2.15. The van der Waals surface area contributed by atoms with Gasteiger partial charge < -0.3 is 31.8 Å². The highest BCUT2D eigenvalue weighted by atomic mass is 32.1. The maximum absolute atomic E-state index is 13.1. The molecule has 1 heterocycles. The number of thiol groups is 1. The Hall–Kier alpha value is -3.05. The fraction of sp³-hybridized carbons (Fsp3) is 0.478. The number of hydrogen-bond donors (Lipinski definition) is 7. The number of fused-ring (bicyclic) bond motifs is 1. The van der Waals surface area contributed by atoms with E-state index < -0.39 is 47.9 Å². The largest absolute Gasteiger partial charge is 0.480 e. The molecule has 1 aromatic heterocycles. The molecule has 0 aliphatic carbocycles. The van der Waals surface area contributed by atoms with Crippen molar-refractivity contribution in [3.8, 4) is 0 Å². The van der Waals surface area contributed by atoms with Gasteiger partial charge in [-0.2, -0.15) is 12.6 Å². The van der Waals surface area contributed by atoms with Crippen molar-refractivity contribution in [1.29, 1.82) is 0 Å². The molecule has 0 bridgehead atoms. The van der Waals surface area contributed by atoms with Crippen LogP contribution in [-0.4, -0.2) is 63.7 Å². The molecule has 0 saturated carbocycles. The highest BCUT2D eigenvalue weighted by Gasteiger charge is 2.29. The van der Waals surface area contributed by atoms with E-state index in [1.54, 1.807) is 6.20 Å². The summed E-state index contributed by atoms with van der Waals surface area (Å²) in [5, 5.41) is 17.9. The number of carboxylic acids is 1. The number of aromatic amines is 1. The van der Waals surface area contributed by atoms with Gasteiger partial charge in [-0.05, 0) is 30.9 Å².